The predicted octanol–water partition coefficient (Wildman–Crippen LogP) is 9.44. The summed E-state index contributed by atoms with van der Waals surface area (Å²) >= 11 is 0. The van der Waals surface area contributed by atoms with Crippen molar-refractivity contribution in [2.45, 2.75) is 142 Å². The fourth-order valence-corrected chi connectivity index (χ4v) is 4.32. The second-order valence-electron chi connectivity index (χ2n) is 11.9. The second kappa shape index (κ2) is 32.7. The Balaban J connectivity index is 3.76. The zero-order chi connectivity index (χ0) is 33.2. The number of rotatable bonds is 29. The Morgan fingerprint density at radius 2 is 1.04 bits per heavy atom. The second-order valence-corrected chi connectivity index (χ2v) is 11.9. The fraction of sp³-hybridized carbons (Fsp3) is 0.641. The topological polar surface area (TPSA) is 93.1 Å². The summed E-state index contributed by atoms with van der Waals surface area (Å²) in [7, 11) is 0. The highest BCUT2D eigenvalue weighted by atomic mass is 16.6. The normalized spacial score (nSPS) is 13.9. The van der Waals surface area contributed by atoms with Crippen molar-refractivity contribution in [2.75, 3.05) is 13.2 Å². The Kier molecular flexibility index (Phi) is 30.7. The van der Waals surface area contributed by atoms with Gasteiger partial charge in [0.15, 0.2) is 0 Å². The van der Waals surface area contributed by atoms with Gasteiger partial charge in [-0.2, -0.15) is 0 Å². The van der Waals surface area contributed by atoms with Crippen LogP contribution in [0.2, 0.25) is 0 Å². The van der Waals surface area contributed by atoms with Crippen LogP contribution in [0.25, 0.3) is 0 Å². The molecule has 0 aliphatic heterocycles. The highest BCUT2D eigenvalue weighted by Gasteiger charge is 2.13. The van der Waals surface area contributed by atoms with Gasteiger partial charge in [-0.3, -0.25) is 9.59 Å². The van der Waals surface area contributed by atoms with Crippen LogP contribution in [0.3, 0.4) is 0 Å². The maximum absolute atomic E-state index is 11.9. The smallest absolute Gasteiger partial charge is 0.305 e. The van der Waals surface area contributed by atoms with Crippen molar-refractivity contribution in [3.8, 4) is 0 Å². The Bertz CT molecular complexity index is 880. The molecular weight excluding hydrogens is 564 g/mol. The molecule has 0 aliphatic rings. The summed E-state index contributed by atoms with van der Waals surface area (Å²) in [4.78, 5) is 23.8. The minimum Gasteiger partial charge on any atom is -0.463 e. The van der Waals surface area contributed by atoms with E-state index >= 15 is 0 Å². The Hall–Kier alpha value is -2.70. The van der Waals surface area contributed by atoms with Gasteiger partial charge in [-0.25, -0.2) is 0 Å². The van der Waals surface area contributed by atoms with Crippen LogP contribution in [0.15, 0.2) is 72.9 Å². The molecule has 0 heterocycles. The Morgan fingerprint density at radius 3 is 1.58 bits per heavy atom. The first kappa shape index (κ1) is 42.3. The van der Waals surface area contributed by atoms with Gasteiger partial charge in [-0.05, 0) is 50.9 Å². The van der Waals surface area contributed by atoms with Crippen LogP contribution in [-0.2, 0) is 19.1 Å². The fourth-order valence-electron chi connectivity index (χ4n) is 4.32. The molecule has 0 fully saturated rings. The van der Waals surface area contributed by atoms with Crippen LogP contribution in [0.1, 0.15) is 130 Å². The molecule has 0 aromatic rings. The molecular formula is C39H64O6. The van der Waals surface area contributed by atoms with Crippen LogP contribution in [0.5, 0.6) is 0 Å². The van der Waals surface area contributed by atoms with E-state index in [-0.39, 0.29) is 32.0 Å². The largest absolute Gasteiger partial charge is 0.463 e. The van der Waals surface area contributed by atoms with Gasteiger partial charge in [0.05, 0.1) is 6.10 Å². The number of carbonyl (C=O) groups excluding carboxylic acids is 2. The number of carbonyl (C=O) groups is 2. The lowest BCUT2D eigenvalue weighted by atomic mass is 10.0. The SMILES string of the molecule is CC/C=C\C/C=C\C/C=C\C/C=C\C/C=C\C=C/C(O)CCC(=O)OC[C@H](O)COC(=O)CCCCCCCCCCC(C)C. The van der Waals surface area contributed by atoms with Crippen LogP contribution >= 0.6 is 0 Å². The van der Waals surface area contributed by atoms with Crippen molar-refractivity contribution in [3.05, 3.63) is 72.9 Å². The molecule has 0 spiro atoms. The first-order chi connectivity index (χ1) is 21.8. The summed E-state index contributed by atoms with van der Waals surface area (Å²) in [5.41, 5.74) is 0. The minimum atomic E-state index is -1.06. The molecule has 0 aromatic heterocycles. The van der Waals surface area contributed by atoms with Crippen molar-refractivity contribution in [1.82, 2.24) is 0 Å². The molecule has 0 radical (unpaired) electrons. The molecule has 6 heteroatoms. The first-order valence-electron chi connectivity index (χ1n) is 17.5. The molecule has 0 saturated carbocycles. The number of hydrogen-bond acceptors (Lipinski definition) is 6. The number of aliphatic hydroxyl groups is 2. The van der Waals surface area contributed by atoms with Gasteiger partial charge in [0.25, 0.3) is 0 Å². The lowest BCUT2D eigenvalue weighted by Crippen LogP contribution is -2.25. The Labute approximate surface area is 275 Å². The van der Waals surface area contributed by atoms with Gasteiger partial charge in [0.1, 0.15) is 19.3 Å². The van der Waals surface area contributed by atoms with Crippen molar-refractivity contribution in [3.63, 3.8) is 0 Å². The standard InChI is InChI=1S/C39H64O6/c1-4-5-6-7-8-9-10-11-12-13-14-15-16-20-23-26-29-36(40)31-32-39(43)45-34-37(41)33-44-38(42)30-27-24-21-18-17-19-22-25-28-35(2)3/h5-6,8-9,11-12,14-15,20,23,26,29,35-37,40-41H,4,7,10,13,16-19,21-22,24-25,27-28,30-34H2,1-3H3/b6-5-,9-8-,12-11-,15-14-,23-20-,29-26-/t36?,37-/m1/s1. The van der Waals surface area contributed by atoms with Crippen LogP contribution in [0.4, 0.5) is 0 Å². The van der Waals surface area contributed by atoms with Crippen molar-refractivity contribution in [2.24, 2.45) is 5.92 Å². The quantitative estimate of drug-likeness (QED) is 0.0371. The van der Waals surface area contributed by atoms with Crippen molar-refractivity contribution < 1.29 is 29.3 Å². The summed E-state index contributed by atoms with van der Waals surface area (Å²) in [5.74, 6) is -0.0557. The van der Waals surface area contributed by atoms with E-state index < -0.39 is 18.2 Å². The number of unbranched alkanes of at least 4 members (excludes halogenated alkanes) is 7. The summed E-state index contributed by atoms with van der Waals surface area (Å²) in [6.07, 6.45) is 38.7. The van der Waals surface area contributed by atoms with Gasteiger partial charge in [0.2, 0.25) is 0 Å². The number of ether oxygens (including phenoxy) is 2. The molecule has 0 rings (SSSR count). The highest BCUT2D eigenvalue weighted by molar-refractivity contribution is 5.69. The summed E-state index contributed by atoms with van der Waals surface area (Å²) in [6.45, 7) is 6.24. The van der Waals surface area contributed by atoms with E-state index in [0.717, 1.165) is 57.3 Å². The van der Waals surface area contributed by atoms with E-state index in [4.69, 9.17) is 9.47 Å². The molecule has 0 amide bonds. The maximum atomic E-state index is 11.9. The van der Waals surface area contributed by atoms with Gasteiger partial charge < -0.3 is 19.7 Å². The number of aliphatic hydroxyl groups excluding tert-OH is 2. The molecule has 0 saturated heterocycles. The average Bonchev–Trinajstić information content (AvgIpc) is 3.02. The summed E-state index contributed by atoms with van der Waals surface area (Å²) in [5, 5.41) is 20.0. The number of hydrogen-bond donors (Lipinski definition) is 2. The van der Waals surface area contributed by atoms with Gasteiger partial charge in [-0.15, -0.1) is 0 Å². The number of esters is 2. The Morgan fingerprint density at radius 1 is 0.578 bits per heavy atom. The van der Waals surface area contributed by atoms with Gasteiger partial charge >= 0.3 is 11.9 Å². The molecule has 0 aromatic carbocycles. The summed E-state index contributed by atoms with van der Waals surface area (Å²) < 4.78 is 10.1. The zero-order valence-electron chi connectivity index (χ0n) is 28.6. The van der Waals surface area contributed by atoms with Crippen LogP contribution in [0, 0.1) is 5.92 Å². The molecule has 0 bridgehead atoms. The molecule has 1 unspecified atom stereocenters. The molecule has 256 valence electrons. The zero-order valence-corrected chi connectivity index (χ0v) is 28.6. The van der Waals surface area contributed by atoms with Gasteiger partial charge in [-0.1, -0.05) is 145 Å². The van der Waals surface area contributed by atoms with Crippen molar-refractivity contribution >= 4 is 11.9 Å². The van der Waals surface area contributed by atoms with Crippen molar-refractivity contribution in [1.29, 1.82) is 0 Å². The van der Waals surface area contributed by atoms with E-state index in [1.165, 1.54) is 38.5 Å². The highest BCUT2D eigenvalue weighted by Crippen LogP contribution is 2.13. The predicted molar refractivity (Wildman–Crippen MR) is 188 cm³/mol. The molecule has 45 heavy (non-hydrogen) atoms. The average molecular weight is 629 g/mol. The van der Waals surface area contributed by atoms with E-state index in [2.05, 4.69) is 69.4 Å². The maximum Gasteiger partial charge on any atom is 0.305 e. The summed E-state index contributed by atoms with van der Waals surface area (Å²) in [6, 6.07) is 0. The first-order valence-corrected chi connectivity index (χ1v) is 17.5. The third-order valence-electron chi connectivity index (χ3n) is 7.00. The molecule has 2 atom stereocenters. The molecule has 0 aliphatic carbocycles. The molecule has 6 nitrogen and oxygen atoms in total. The van der Waals surface area contributed by atoms with Crippen LogP contribution in [-0.4, -0.2) is 47.6 Å². The van der Waals surface area contributed by atoms with Crippen LogP contribution < -0.4 is 0 Å². The molecule has 2 N–H and O–H groups in total. The minimum absolute atomic E-state index is 0.0294. The number of allylic oxidation sites excluding steroid dienone is 11. The third-order valence-corrected chi connectivity index (χ3v) is 7.00. The van der Waals surface area contributed by atoms with Gasteiger partial charge in [0, 0.05) is 12.8 Å². The third kappa shape index (κ3) is 34.0. The van der Waals surface area contributed by atoms with E-state index in [1.807, 2.05) is 12.2 Å². The van der Waals surface area contributed by atoms with E-state index in [0.29, 0.717) is 6.42 Å². The lowest BCUT2D eigenvalue weighted by Gasteiger charge is -2.12. The van der Waals surface area contributed by atoms with E-state index in [9.17, 15) is 19.8 Å². The lowest BCUT2D eigenvalue weighted by molar-refractivity contribution is -0.152. The van der Waals surface area contributed by atoms with E-state index in [1.54, 1.807) is 12.2 Å². The monoisotopic (exact) mass is 628 g/mol.